The van der Waals surface area contributed by atoms with Gasteiger partial charge in [0.25, 0.3) is 5.91 Å². The van der Waals surface area contributed by atoms with E-state index in [1.165, 1.54) is 0 Å². The number of nitrogens with one attached hydrogen (secondary N) is 1. The summed E-state index contributed by atoms with van der Waals surface area (Å²) in [6, 6.07) is 5.55. The van der Waals surface area contributed by atoms with Gasteiger partial charge in [-0.1, -0.05) is 48.1 Å². The third-order valence-electron chi connectivity index (χ3n) is 3.54. The first-order valence-corrected chi connectivity index (χ1v) is 7.45. The fourth-order valence-electron chi connectivity index (χ4n) is 1.97. The number of benzene rings is 1. The fourth-order valence-corrected chi connectivity index (χ4v) is 2.68. The van der Waals surface area contributed by atoms with Crippen molar-refractivity contribution in [1.29, 1.82) is 0 Å². The van der Waals surface area contributed by atoms with Crippen LogP contribution in [-0.4, -0.2) is 16.4 Å². The molecule has 1 rings (SSSR count). The van der Waals surface area contributed by atoms with Crippen molar-refractivity contribution >= 4 is 39.0 Å². The second-order valence-corrected chi connectivity index (χ2v) is 5.81. The zero-order valence-electron chi connectivity index (χ0n) is 11.4. The first-order valence-electron chi connectivity index (χ1n) is 6.25. The van der Waals surface area contributed by atoms with E-state index >= 15 is 0 Å². The van der Waals surface area contributed by atoms with Gasteiger partial charge in [-0.2, -0.15) is 0 Å². The molecule has 0 bridgehead atoms. The first-order chi connectivity index (χ1) is 8.88. The largest absolute Gasteiger partial charge is 0.391 e. The third kappa shape index (κ3) is 3.34. The number of rotatable bonds is 5. The van der Waals surface area contributed by atoms with Gasteiger partial charge < -0.3 is 11.1 Å². The van der Waals surface area contributed by atoms with Gasteiger partial charge in [0, 0.05) is 10.0 Å². The molecule has 3 N–H and O–H groups in total. The number of nitrogens with two attached hydrogens (primary N) is 1. The van der Waals surface area contributed by atoms with E-state index in [0.717, 1.165) is 10.0 Å². The Hall–Kier alpha value is -0.940. The van der Waals surface area contributed by atoms with Gasteiger partial charge in [0.1, 0.15) is 0 Å². The molecule has 1 amide bonds. The first kappa shape index (κ1) is 16.1. The van der Waals surface area contributed by atoms with Gasteiger partial charge in [-0.3, -0.25) is 4.79 Å². The van der Waals surface area contributed by atoms with E-state index in [2.05, 4.69) is 21.2 Å². The maximum absolute atomic E-state index is 12.4. The zero-order valence-corrected chi connectivity index (χ0v) is 13.8. The van der Waals surface area contributed by atoms with E-state index < -0.39 is 5.54 Å². The summed E-state index contributed by atoms with van der Waals surface area (Å²) < 4.78 is 0.911. The summed E-state index contributed by atoms with van der Waals surface area (Å²) in [7, 11) is 0. The van der Waals surface area contributed by atoms with E-state index in [4.69, 9.17) is 18.0 Å². The minimum Gasteiger partial charge on any atom is -0.391 e. The van der Waals surface area contributed by atoms with Gasteiger partial charge in [-0.25, -0.2) is 0 Å². The minimum absolute atomic E-state index is 0.143. The highest BCUT2D eigenvalue weighted by Crippen LogP contribution is 2.21. The molecule has 0 atom stereocenters. The van der Waals surface area contributed by atoms with Gasteiger partial charge in [-0.05, 0) is 37.5 Å². The van der Waals surface area contributed by atoms with Gasteiger partial charge in [-0.15, -0.1) is 0 Å². The molecular weight excluding hydrogens is 324 g/mol. The van der Waals surface area contributed by atoms with Crippen LogP contribution >= 0.6 is 28.1 Å². The Balaban J connectivity index is 3.08. The molecule has 5 heteroatoms. The molecule has 0 aromatic heterocycles. The average molecular weight is 343 g/mol. The number of hydrogen-bond donors (Lipinski definition) is 2. The van der Waals surface area contributed by atoms with Crippen molar-refractivity contribution in [3.05, 3.63) is 33.8 Å². The van der Waals surface area contributed by atoms with Crippen LogP contribution in [0.15, 0.2) is 22.7 Å². The molecule has 0 aliphatic heterocycles. The highest BCUT2D eigenvalue weighted by molar-refractivity contribution is 9.10. The van der Waals surface area contributed by atoms with Crippen LogP contribution in [0.25, 0.3) is 0 Å². The van der Waals surface area contributed by atoms with Crippen LogP contribution in [0, 0.1) is 6.92 Å². The SMILES string of the molecule is CCC(CC)(NC(=O)c1cccc(Br)c1C)C(N)=S. The van der Waals surface area contributed by atoms with Crippen molar-refractivity contribution in [2.75, 3.05) is 0 Å². The van der Waals surface area contributed by atoms with Gasteiger partial charge >= 0.3 is 0 Å². The Morgan fingerprint density at radius 3 is 2.47 bits per heavy atom. The molecular formula is C14H19BrN2OS. The molecule has 0 heterocycles. The molecule has 0 aliphatic rings. The van der Waals surface area contributed by atoms with E-state index in [1.54, 1.807) is 6.07 Å². The average Bonchev–Trinajstić information content (AvgIpc) is 2.38. The van der Waals surface area contributed by atoms with Crippen LogP contribution in [0.4, 0.5) is 0 Å². The Morgan fingerprint density at radius 2 is 2.00 bits per heavy atom. The predicted octanol–water partition coefficient (Wildman–Crippen LogP) is 3.33. The number of halogens is 1. The number of carbonyl (C=O) groups excluding carboxylic acids is 1. The van der Waals surface area contributed by atoms with Crippen molar-refractivity contribution in [3.8, 4) is 0 Å². The quantitative estimate of drug-likeness (QED) is 0.807. The molecule has 0 aliphatic carbocycles. The third-order valence-corrected chi connectivity index (χ3v) is 4.79. The molecule has 0 radical (unpaired) electrons. The number of hydrogen-bond acceptors (Lipinski definition) is 2. The van der Waals surface area contributed by atoms with Crippen molar-refractivity contribution in [2.24, 2.45) is 5.73 Å². The van der Waals surface area contributed by atoms with Gasteiger partial charge in [0.2, 0.25) is 0 Å². The molecule has 104 valence electrons. The highest BCUT2D eigenvalue weighted by Gasteiger charge is 2.32. The van der Waals surface area contributed by atoms with Crippen LogP contribution in [0.1, 0.15) is 42.6 Å². The number of carbonyl (C=O) groups is 1. The van der Waals surface area contributed by atoms with Crippen LogP contribution < -0.4 is 11.1 Å². The lowest BCUT2D eigenvalue weighted by molar-refractivity contribution is 0.0919. The number of amides is 1. The second kappa shape index (κ2) is 6.48. The summed E-state index contributed by atoms with van der Waals surface area (Å²) in [6.45, 7) is 5.84. The molecule has 0 saturated carbocycles. The molecule has 0 spiro atoms. The Kier molecular flexibility index (Phi) is 5.50. The van der Waals surface area contributed by atoms with E-state index in [0.29, 0.717) is 23.4 Å². The molecule has 1 aromatic carbocycles. The lowest BCUT2D eigenvalue weighted by atomic mass is 9.92. The Bertz CT molecular complexity index is 498. The Labute approximate surface area is 128 Å². The molecule has 3 nitrogen and oxygen atoms in total. The molecule has 1 aromatic rings. The monoisotopic (exact) mass is 342 g/mol. The summed E-state index contributed by atoms with van der Waals surface area (Å²) in [4.78, 5) is 12.7. The molecule has 0 unspecified atom stereocenters. The van der Waals surface area contributed by atoms with E-state index in [9.17, 15) is 4.79 Å². The molecule has 19 heavy (non-hydrogen) atoms. The summed E-state index contributed by atoms with van der Waals surface area (Å²) in [5.41, 5.74) is 6.73. The van der Waals surface area contributed by atoms with Crippen molar-refractivity contribution < 1.29 is 4.79 Å². The van der Waals surface area contributed by atoms with E-state index in [-0.39, 0.29) is 5.91 Å². The predicted molar refractivity (Wildman–Crippen MR) is 86.4 cm³/mol. The standard InChI is InChI=1S/C14H19BrN2OS/c1-4-14(5-2,13(16)19)17-12(18)10-7-6-8-11(15)9(10)3/h6-8H,4-5H2,1-3H3,(H2,16,19)(H,17,18). The Morgan fingerprint density at radius 1 is 1.42 bits per heavy atom. The van der Waals surface area contributed by atoms with Gasteiger partial charge in [0.05, 0.1) is 10.5 Å². The fraction of sp³-hybridized carbons (Fsp3) is 0.429. The van der Waals surface area contributed by atoms with Gasteiger partial charge in [0.15, 0.2) is 0 Å². The van der Waals surface area contributed by atoms with Crippen LogP contribution in [0.5, 0.6) is 0 Å². The van der Waals surface area contributed by atoms with Crippen LogP contribution in [0.2, 0.25) is 0 Å². The molecule has 0 saturated heterocycles. The lowest BCUT2D eigenvalue weighted by Crippen LogP contribution is -2.56. The lowest BCUT2D eigenvalue weighted by Gasteiger charge is -2.32. The summed E-state index contributed by atoms with van der Waals surface area (Å²) in [5.74, 6) is -0.143. The minimum atomic E-state index is -0.610. The van der Waals surface area contributed by atoms with Crippen molar-refractivity contribution in [3.63, 3.8) is 0 Å². The van der Waals surface area contributed by atoms with E-state index in [1.807, 2.05) is 32.9 Å². The zero-order chi connectivity index (χ0) is 14.6. The smallest absolute Gasteiger partial charge is 0.252 e. The summed E-state index contributed by atoms with van der Waals surface area (Å²) >= 11 is 8.53. The second-order valence-electron chi connectivity index (χ2n) is 4.52. The van der Waals surface area contributed by atoms with Crippen LogP contribution in [0.3, 0.4) is 0 Å². The maximum Gasteiger partial charge on any atom is 0.252 e. The maximum atomic E-state index is 12.4. The number of thiocarbonyl (C=S) groups is 1. The summed E-state index contributed by atoms with van der Waals surface area (Å²) in [6.07, 6.45) is 1.36. The highest BCUT2D eigenvalue weighted by atomic mass is 79.9. The van der Waals surface area contributed by atoms with Crippen molar-refractivity contribution in [1.82, 2.24) is 5.32 Å². The van der Waals surface area contributed by atoms with Crippen LogP contribution in [-0.2, 0) is 0 Å². The van der Waals surface area contributed by atoms with Crippen molar-refractivity contribution in [2.45, 2.75) is 39.2 Å². The summed E-state index contributed by atoms with van der Waals surface area (Å²) in [5, 5.41) is 2.99. The topological polar surface area (TPSA) is 55.1 Å². The molecule has 0 fully saturated rings. The normalized spacial score (nSPS) is 11.2.